The Bertz CT molecular complexity index is 209. The highest BCUT2D eigenvalue weighted by molar-refractivity contribution is 5.73. The Morgan fingerprint density at radius 2 is 1.12 bits per heavy atom. The van der Waals surface area contributed by atoms with Crippen molar-refractivity contribution in [3.63, 3.8) is 0 Å². The van der Waals surface area contributed by atoms with Crippen molar-refractivity contribution in [1.29, 1.82) is 0 Å². The molecule has 0 aromatic heterocycles. The molecule has 0 fully saturated rings. The Morgan fingerprint density at radius 1 is 0.938 bits per heavy atom. The maximum absolute atomic E-state index is 10.6. The number of rotatable bonds is 0. The summed E-state index contributed by atoms with van der Waals surface area (Å²) in [5.41, 5.74) is -0.0312. The summed E-state index contributed by atoms with van der Waals surface area (Å²) in [5.74, 6) is -2.76. The molecule has 0 aliphatic rings. The quantitative estimate of drug-likeness (QED) is 0.711. The summed E-state index contributed by atoms with van der Waals surface area (Å²) in [6.07, 6.45) is -5.08. The van der Waals surface area contributed by atoms with E-state index in [2.05, 4.69) is 41.5 Å². The smallest absolute Gasteiger partial charge is 0.475 e. The highest BCUT2D eigenvalue weighted by atomic mass is 19.4. The van der Waals surface area contributed by atoms with Crippen molar-refractivity contribution in [2.45, 2.75) is 58.9 Å². The molecule has 1 N–H and O–H groups in total. The zero-order chi connectivity index (χ0) is 13.8. The molecule has 3 nitrogen and oxygen atoms in total. The van der Waals surface area contributed by atoms with E-state index in [1.807, 2.05) is 0 Å². The van der Waals surface area contributed by atoms with Crippen LogP contribution in [0.2, 0.25) is 0 Å². The molecule has 0 unspecified atom stereocenters. The Morgan fingerprint density at radius 3 is 1.12 bits per heavy atom. The van der Waals surface area contributed by atoms with Gasteiger partial charge in [-0.2, -0.15) is 13.2 Å². The number of halogens is 3. The molecule has 0 atom stereocenters. The minimum Gasteiger partial charge on any atom is -0.475 e. The van der Waals surface area contributed by atoms with Crippen molar-refractivity contribution < 1.29 is 27.8 Å². The van der Waals surface area contributed by atoms with Gasteiger partial charge in [0.25, 0.3) is 0 Å². The number of carboxylic acid groups (broad SMARTS) is 1. The highest BCUT2D eigenvalue weighted by Gasteiger charge is 2.38. The molecule has 0 spiro atoms. The fraction of sp³-hybridized carbons (Fsp3) is 0.900. The summed E-state index contributed by atoms with van der Waals surface area (Å²) >= 11 is 0. The van der Waals surface area contributed by atoms with Crippen LogP contribution in [0.4, 0.5) is 13.2 Å². The van der Waals surface area contributed by atoms with Gasteiger partial charge in [-0.15, -0.1) is 0 Å². The molecular weight excluding hydrogens is 225 g/mol. The highest BCUT2D eigenvalue weighted by Crippen LogP contribution is 2.18. The average molecular weight is 244 g/mol. The second-order valence-corrected chi connectivity index (χ2v) is 5.13. The number of hydrogen-bond acceptors (Lipinski definition) is 2. The van der Waals surface area contributed by atoms with Gasteiger partial charge in [-0.25, -0.2) is 4.79 Å². The van der Waals surface area contributed by atoms with E-state index >= 15 is 0 Å². The van der Waals surface area contributed by atoms with Crippen molar-refractivity contribution in [3.05, 3.63) is 0 Å². The number of aliphatic carboxylic acids is 1. The lowest BCUT2D eigenvalue weighted by Crippen LogP contribution is -2.31. The zero-order valence-electron chi connectivity index (χ0n) is 10.4. The Hall–Kier alpha value is -0.780. The zero-order valence-corrected chi connectivity index (χ0v) is 10.4. The third kappa shape index (κ3) is 15.7. The molecule has 6 heteroatoms. The third-order valence-corrected chi connectivity index (χ3v) is 0.855. The predicted octanol–water partition coefficient (Wildman–Crippen LogP) is 3.23. The molecule has 0 aliphatic heterocycles. The van der Waals surface area contributed by atoms with Crippen LogP contribution in [0.5, 0.6) is 0 Å². The molecule has 0 radical (unpaired) electrons. The van der Waals surface area contributed by atoms with Gasteiger partial charge in [-0.05, 0) is 41.5 Å². The van der Waals surface area contributed by atoms with Gasteiger partial charge in [0.1, 0.15) is 0 Å². The molecule has 0 aromatic rings. The van der Waals surface area contributed by atoms with Gasteiger partial charge < -0.3 is 9.84 Å². The van der Waals surface area contributed by atoms with Gasteiger partial charge in [0.2, 0.25) is 0 Å². The number of hydrogen-bond donors (Lipinski definition) is 1. The first-order valence-electron chi connectivity index (χ1n) is 4.65. The third-order valence-electron chi connectivity index (χ3n) is 0.855. The minimum absolute atomic E-state index is 0.0156. The van der Waals surface area contributed by atoms with Gasteiger partial charge >= 0.3 is 12.1 Å². The van der Waals surface area contributed by atoms with E-state index < -0.39 is 12.1 Å². The number of alkyl halides is 3. The van der Waals surface area contributed by atoms with E-state index in [0.29, 0.717) is 0 Å². The maximum Gasteiger partial charge on any atom is 0.490 e. The van der Waals surface area contributed by atoms with Crippen LogP contribution >= 0.6 is 0 Å². The normalized spacial score (nSPS) is 12.8. The van der Waals surface area contributed by atoms with Gasteiger partial charge in [-0.3, -0.25) is 0 Å². The summed E-state index contributed by atoms with van der Waals surface area (Å²) in [4.78, 5) is 8.90. The van der Waals surface area contributed by atoms with Crippen molar-refractivity contribution in [2.24, 2.45) is 0 Å². The van der Waals surface area contributed by atoms with Crippen molar-refractivity contribution in [1.82, 2.24) is 0 Å². The van der Waals surface area contributed by atoms with E-state index in [-0.39, 0.29) is 11.2 Å². The number of carboxylic acids is 1. The average Bonchev–Trinajstić information content (AvgIpc) is 1.75. The van der Waals surface area contributed by atoms with E-state index in [0.717, 1.165) is 0 Å². The van der Waals surface area contributed by atoms with Crippen molar-refractivity contribution in [2.75, 3.05) is 0 Å². The summed E-state index contributed by atoms with van der Waals surface area (Å²) in [6.45, 7) is 12.4. The van der Waals surface area contributed by atoms with E-state index in [9.17, 15) is 13.2 Å². The van der Waals surface area contributed by atoms with E-state index in [4.69, 9.17) is 14.6 Å². The summed E-state index contributed by atoms with van der Waals surface area (Å²) < 4.78 is 37.4. The molecule has 0 aliphatic carbocycles. The van der Waals surface area contributed by atoms with Crippen LogP contribution in [0.3, 0.4) is 0 Å². The van der Waals surface area contributed by atoms with Crippen molar-refractivity contribution in [3.8, 4) is 0 Å². The molecule has 0 heterocycles. The van der Waals surface area contributed by atoms with Crippen LogP contribution in [0, 0.1) is 0 Å². The van der Waals surface area contributed by atoms with Crippen LogP contribution in [0.15, 0.2) is 0 Å². The van der Waals surface area contributed by atoms with Gasteiger partial charge in [0, 0.05) is 0 Å². The lowest BCUT2D eigenvalue weighted by atomic mass is 10.1. The van der Waals surface area contributed by atoms with Gasteiger partial charge in [0.05, 0.1) is 11.2 Å². The largest absolute Gasteiger partial charge is 0.490 e. The van der Waals surface area contributed by atoms with E-state index in [1.165, 1.54) is 0 Å². The van der Waals surface area contributed by atoms with E-state index in [1.54, 1.807) is 0 Å². The SMILES string of the molecule is CC(C)(C)OC(C)(C)C.O=C(O)C(F)(F)F. The van der Waals surface area contributed by atoms with Crippen LogP contribution in [0.1, 0.15) is 41.5 Å². The first-order chi connectivity index (χ1) is 6.65. The molecule has 0 saturated carbocycles. The summed E-state index contributed by atoms with van der Waals surface area (Å²) in [7, 11) is 0. The Labute approximate surface area is 93.6 Å². The second kappa shape index (κ2) is 5.52. The topological polar surface area (TPSA) is 46.5 Å². The Kier molecular flexibility index (Phi) is 6.07. The first kappa shape index (κ1) is 17.6. The molecular formula is C10H19F3O3. The standard InChI is InChI=1S/C8H18O.C2HF3O2/c1-7(2,3)9-8(4,5)6;3-2(4,5)1(6)7/h1-6H3;(H,6,7). The lowest BCUT2D eigenvalue weighted by Gasteiger charge is -2.30. The molecule has 98 valence electrons. The number of carbonyl (C=O) groups is 1. The van der Waals surface area contributed by atoms with Gasteiger partial charge in [-0.1, -0.05) is 0 Å². The first-order valence-corrected chi connectivity index (χ1v) is 4.65. The van der Waals surface area contributed by atoms with Crippen molar-refractivity contribution >= 4 is 5.97 Å². The fourth-order valence-electron chi connectivity index (χ4n) is 0.919. The minimum atomic E-state index is -5.08. The second-order valence-electron chi connectivity index (χ2n) is 5.13. The Balaban J connectivity index is 0. The fourth-order valence-corrected chi connectivity index (χ4v) is 0.919. The maximum atomic E-state index is 10.6. The summed E-state index contributed by atoms with van der Waals surface area (Å²) in [5, 5.41) is 7.12. The number of ether oxygens (including phenoxy) is 1. The van der Waals surface area contributed by atoms with Crippen LogP contribution < -0.4 is 0 Å². The summed E-state index contributed by atoms with van der Waals surface area (Å²) in [6, 6.07) is 0. The van der Waals surface area contributed by atoms with Crippen LogP contribution in [0.25, 0.3) is 0 Å². The molecule has 0 rings (SSSR count). The van der Waals surface area contributed by atoms with Gasteiger partial charge in [0.15, 0.2) is 0 Å². The van der Waals surface area contributed by atoms with Crippen LogP contribution in [-0.2, 0) is 9.53 Å². The lowest BCUT2D eigenvalue weighted by molar-refractivity contribution is -0.192. The predicted molar refractivity (Wildman–Crippen MR) is 54.3 cm³/mol. The molecule has 0 aromatic carbocycles. The molecule has 0 amide bonds. The van der Waals surface area contributed by atoms with Crippen LogP contribution in [-0.4, -0.2) is 28.5 Å². The molecule has 0 bridgehead atoms. The molecule has 0 saturated heterocycles. The monoisotopic (exact) mass is 244 g/mol. The molecule has 16 heavy (non-hydrogen) atoms.